The van der Waals surface area contributed by atoms with E-state index in [1.807, 2.05) is 30.3 Å². The van der Waals surface area contributed by atoms with Crippen LogP contribution in [0.2, 0.25) is 0 Å². The molecule has 0 fully saturated rings. The molecule has 2 aromatic carbocycles. The molecule has 7 nitrogen and oxygen atoms in total. The van der Waals surface area contributed by atoms with E-state index in [-0.39, 0.29) is 11.6 Å². The highest BCUT2D eigenvalue weighted by Crippen LogP contribution is 2.20. The Labute approximate surface area is 137 Å². The molecular weight excluding hydrogens is 311 g/mol. The lowest BCUT2D eigenvalue weighted by Crippen LogP contribution is -2.10. The summed E-state index contributed by atoms with van der Waals surface area (Å²) >= 11 is 0. The van der Waals surface area contributed by atoms with Crippen LogP contribution in [0.3, 0.4) is 0 Å². The SMILES string of the molecule is CC(=O)Nc1cc(NCc2nnnn2-c2ccccc2)ccc1F. The number of hydrogen-bond acceptors (Lipinski definition) is 5. The molecule has 0 aliphatic carbocycles. The Balaban J connectivity index is 1.75. The number of rotatable bonds is 5. The molecule has 0 radical (unpaired) electrons. The number of benzene rings is 2. The van der Waals surface area contributed by atoms with Crippen molar-refractivity contribution in [2.24, 2.45) is 0 Å². The van der Waals surface area contributed by atoms with Crippen LogP contribution in [0.4, 0.5) is 15.8 Å². The molecule has 0 unspecified atom stereocenters. The maximum Gasteiger partial charge on any atom is 0.221 e. The van der Waals surface area contributed by atoms with Gasteiger partial charge < -0.3 is 10.6 Å². The number of nitrogens with one attached hydrogen (secondary N) is 2. The quantitative estimate of drug-likeness (QED) is 0.752. The van der Waals surface area contributed by atoms with Crippen molar-refractivity contribution in [2.45, 2.75) is 13.5 Å². The summed E-state index contributed by atoms with van der Waals surface area (Å²) in [5, 5.41) is 17.2. The van der Waals surface area contributed by atoms with Crippen LogP contribution in [-0.4, -0.2) is 26.1 Å². The molecule has 0 aliphatic heterocycles. The van der Waals surface area contributed by atoms with Crippen molar-refractivity contribution < 1.29 is 9.18 Å². The highest BCUT2D eigenvalue weighted by Gasteiger charge is 2.09. The summed E-state index contributed by atoms with van der Waals surface area (Å²) < 4.78 is 15.3. The van der Waals surface area contributed by atoms with E-state index in [9.17, 15) is 9.18 Å². The summed E-state index contributed by atoms with van der Waals surface area (Å²) in [6.45, 7) is 1.67. The molecule has 2 N–H and O–H groups in total. The van der Waals surface area contributed by atoms with Gasteiger partial charge >= 0.3 is 0 Å². The maximum atomic E-state index is 13.7. The minimum Gasteiger partial charge on any atom is -0.378 e. The summed E-state index contributed by atoms with van der Waals surface area (Å²) in [5.74, 6) is -0.226. The molecule has 24 heavy (non-hydrogen) atoms. The lowest BCUT2D eigenvalue weighted by molar-refractivity contribution is -0.114. The van der Waals surface area contributed by atoms with Crippen LogP contribution in [-0.2, 0) is 11.3 Å². The van der Waals surface area contributed by atoms with Crippen molar-refractivity contribution >= 4 is 17.3 Å². The summed E-state index contributed by atoms with van der Waals surface area (Å²) in [6, 6.07) is 13.9. The first-order valence-corrected chi connectivity index (χ1v) is 7.27. The number of nitrogens with zero attached hydrogens (tertiary/aromatic N) is 4. The largest absolute Gasteiger partial charge is 0.378 e. The Kier molecular flexibility index (Phi) is 4.46. The third kappa shape index (κ3) is 3.54. The molecule has 1 heterocycles. The van der Waals surface area contributed by atoms with Crippen molar-refractivity contribution in [3.05, 3.63) is 60.2 Å². The molecular formula is C16H15FN6O. The number of carbonyl (C=O) groups excluding carboxylic acids is 1. The van der Waals surface area contributed by atoms with Crippen molar-refractivity contribution in [3.63, 3.8) is 0 Å². The molecule has 0 saturated heterocycles. The highest BCUT2D eigenvalue weighted by atomic mass is 19.1. The van der Waals surface area contributed by atoms with Crippen molar-refractivity contribution in [2.75, 3.05) is 10.6 Å². The number of tetrazole rings is 1. The minimum atomic E-state index is -0.495. The summed E-state index contributed by atoms with van der Waals surface area (Å²) in [6.07, 6.45) is 0. The minimum absolute atomic E-state index is 0.121. The number of para-hydroxylation sites is 1. The van der Waals surface area contributed by atoms with Gasteiger partial charge in [-0.05, 0) is 40.8 Å². The van der Waals surface area contributed by atoms with Gasteiger partial charge in [0.15, 0.2) is 5.82 Å². The first-order chi connectivity index (χ1) is 11.6. The zero-order chi connectivity index (χ0) is 16.9. The van der Waals surface area contributed by atoms with E-state index in [0.29, 0.717) is 18.1 Å². The fourth-order valence-corrected chi connectivity index (χ4v) is 2.19. The molecule has 0 saturated carbocycles. The average molecular weight is 326 g/mol. The van der Waals surface area contributed by atoms with E-state index in [2.05, 4.69) is 26.2 Å². The van der Waals surface area contributed by atoms with Gasteiger partial charge in [-0.3, -0.25) is 4.79 Å². The van der Waals surface area contributed by atoms with Gasteiger partial charge in [-0.15, -0.1) is 5.10 Å². The second-order valence-corrected chi connectivity index (χ2v) is 5.07. The molecule has 0 aliphatic rings. The van der Waals surface area contributed by atoms with Crippen molar-refractivity contribution in [1.29, 1.82) is 0 Å². The van der Waals surface area contributed by atoms with E-state index in [1.165, 1.54) is 19.1 Å². The lowest BCUT2D eigenvalue weighted by Gasteiger charge is -2.10. The van der Waals surface area contributed by atoms with Gasteiger partial charge in [-0.1, -0.05) is 18.2 Å². The topological polar surface area (TPSA) is 84.7 Å². The molecule has 3 rings (SSSR count). The normalized spacial score (nSPS) is 10.4. The molecule has 3 aromatic rings. The third-order valence-corrected chi connectivity index (χ3v) is 3.26. The van der Waals surface area contributed by atoms with Crippen LogP contribution >= 0.6 is 0 Å². The first kappa shape index (κ1) is 15.6. The fourth-order valence-electron chi connectivity index (χ4n) is 2.19. The van der Waals surface area contributed by atoms with Gasteiger partial charge in [0, 0.05) is 12.6 Å². The number of aromatic nitrogens is 4. The lowest BCUT2D eigenvalue weighted by atomic mass is 10.2. The standard InChI is InChI=1S/C16H15FN6O/c1-11(24)19-15-9-12(7-8-14(15)17)18-10-16-20-21-22-23(16)13-5-3-2-4-6-13/h2-9,18H,10H2,1H3,(H,19,24). The van der Waals surface area contributed by atoms with Crippen LogP contribution < -0.4 is 10.6 Å². The smallest absolute Gasteiger partial charge is 0.221 e. The van der Waals surface area contributed by atoms with Crippen molar-refractivity contribution in [1.82, 2.24) is 20.2 Å². The first-order valence-electron chi connectivity index (χ1n) is 7.27. The third-order valence-electron chi connectivity index (χ3n) is 3.26. The zero-order valence-corrected chi connectivity index (χ0v) is 12.9. The number of carbonyl (C=O) groups is 1. The van der Waals surface area contributed by atoms with E-state index >= 15 is 0 Å². The Morgan fingerprint density at radius 3 is 2.75 bits per heavy atom. The van der Waals surface area contributed by atoms with Crippen molar-refractivity contribution in [3.8, 4) is 5.69 Å². The van der Waals surface area contributed by atoms with Crippen LogP contribution in [0.15, 0.2) is 48.5 Å². The fraction of sp³-hybridized carbons (Fsp3) is 0.125. The molecule has 0 spiro atoms. The van der Waals surface area contributed by atoms with Crippen LogP contribution in [0.1, 0.15) is 12.7 Å². The highest BCUT2D eigenvalue weighted by molar-refractivity contribution is 5.89. The molecule has 1 aromatic heterocycles. The Bertz CT molecular complexity index is 849. The van der Waals surface area contributed by atoms with Crippen LogP contribution in [0.25, 0.3) is 5.69 Å². The van der Waals surface area contributed by atoms with E-state index in [0.717, 1.165) is 5.69 Å². The Hall–Kier alpha value is -3.29. The number of amides is 1. The van der Waals surface area contributed by atoms with Gasteiger partial charge in [-0.2, -0.15) is 4.68 Å². The van der Waals surface area contributed by atoms with E-state index < -0.39 is 5.82 Å². The van der Waals surface area contributed by atoms with Gasteiger partial charge in [0.05, 0.1) is 17.9 Å². The van der Waals surface area contributed by atoms with Crippen LogP contribution in [0.5, 0.6) is 0 Å². The van der Waals surface area contributed by atoms with E-state index in [4.69, 9.17) is 0 Å². The zero-order valence-electron chi connectivity index (χ0n) is 12.9. The Morgan fingerprint density at radius 2 is 2.00 bits per heavy atom. The second kappa shape index (κ2) is 6.86. The average Bonchev–Trinajstić information content (AvgIpc) is 3.04. The van der Waals surface area contributed by atoms with Gasteiger partial charge in [0.2, 0.25) is 5.91 Å². The van der Waals surface area contributed by atoms with Crippen LogP contribution in [0, 0.1) is 5.82 Å². The summed E-state index contributed by atoms with van der Waals surface area (Å²) in [5.41, 5.74) is 1.61. The molecule has 8 heteroatoms. The molecule has 122 valence electrons. The monoisotopic (exact) mass is 326 g/mol. The maximum absolute atomic E-state index is 13.7. The van der Waals surface area contributed by atoms with Gasteiger partial charge in [0.25, 0.3) is 0 Å². The summed E-state index contributed by atoms with van der Waals surface area (Å²) in [7, 11) is 0. The number of halogens is 1. The Morgan fingerprint density at radius 1 is 1.21 bits per heavy atom. The number of hydrogen-bond donors (Lipinski definition) is 2. The van der Waals surface area contributed by atoms with Gasteiger partial charge in [-0.25, -0.2) is 4.39 Å². The van der Waals surface area contributed by atoms with E-state index in [1.54, 1.807) is 10.7 Å². The number of anilines is 2. The molecule has 0 bridgehead atoms. The second-order valence-electron chi connectivity index (χ2n) is 5.07. The van der Waals surface area contributed by atoms with Gasteiger partial charge in [0.1, 0.15) is 5.82 Å². The molecule has 0 atom stereocenters. The predicted molar refractivity (Wildman–Crippen MR) is 87.2 cm³/mol. The summed E-state index contributed by atoms with van der Waals surface area (Å²) in [4.78, 5) is 11.1. The molecule has 1 amide bonds. The predicted octanol–water partition coefficient (Wildman–Crippen LogP) is 2.37.